The summed E-state index contributed by atoms with van der Waals surface area (Å²) in [6.45, 7) is 0. The lowest BCUT2D eigenvalue weighted by atomic mass is 10.1. The van der Waals surface area contributed by atoms with Crippen LogP contribution < -0.4 is 0 Å². The Balaban J connectivity index is 1.96. The Morgan fingerprint density at radius 2 is 1.73 bits per heavy atom. The van der Waals surface area contributed by atoms with Crippen LogP contribution in [0.3, 0.4) is 0 Å². The lowest BCUT2D eigenvalue weighted by Gasteiger charge is -2.01. The highest BCUT2D eigenvalue weighted by Crippen LogP contribution is 2.12. The molecule has 2 rings (SSSR count). The average Bonchev–Trinajstić information content (AvgIpc) is 2.30. The topological polar surface area (TPSA) is 12.9 Å². The molecule has 1 aromatic carbocycles. The molecule has 0 N–H and O–H groups in total. The Morgan fingerprint density at radius 3 is 2.40 bits per heavy atom. The highest BCUT2D eigenvalue weighted by Gasteiger charge is 1.96. The number of aryl methyl sites for hydroxylation is 2. The first kappa shape index (κ1) is 10.4. The maximum absolute atomic E-state index is 4.30. The van der Waals surface area contributed by atoms with E-state index in [4.69, 9.17) is 0 Å². The second-order valence-corrected chi connectivity index (χ2v) is 4.36. The molecule has 1 aromatic heterocycles. The number of pyridine rings is 1. The lowest BCUT2D eigenvalue weighted by molar-refractivity contribution is 0.913. The third kappa shape index (κ3) is 3.17. The molecule has 0 saturated heterocycles. The van der Waals surface area contributed by atoms with E-state index in [0.29, 0.717) is 0 Å². The molecule has 0 aliphatic rings. The predicted molar refractivity (Wildman–Crippen MR) is 65.8 cm³/mol. The second-order valence-electron chi connectivity index (χ2n) is 3.45. The molecule has 15 heavy (non-hydrogen) atoms. The van der Waals surface area contributed by atoms with Gasteiger partial charge in [0.25, 0.3) is 0 Å². The van der Waals surface area contributed by atoms with Gasteiger partial charge in [-0.25, -0.2) is 0 Å². The van der Waals surface area contributed by atoms with E-state index in [9.17, 15) is 0 Å². The van der Waals surface area contributed by atoms with Crippen LogP contribution in [0.1, 0.15) is 11.3 Å². The smallest absolute Gasteiger partial charge is 0.0406 e. The van der Waals surface area contributed by atoms with Crippen molar-refractivity contribution in [2.75, 3.05) is 0 Å². The van der Waals surface area contributed by atoms with Gasteiger partial charge < -0.3 is 0 Å². The number of nitrogens with zero attached hydrogens (tertiary/aromatic N) is 1. The molecular formula is C13H12BrN. The van der Waals surface area contributed by atoms with Gasteiger partial charge in [-0.05, 0) is 42.7 Å². The third-order valence-electron chi connectivity index (χ3n) is 2.31. The van der Waals surface area contributed by atoms with E-state index in [1.165, 1.54) is 5.56 Å². The zero-order chi connectivity index (χ0) is 10.5. The van der Waals surface area contributed by atoms with E-state index >= 15 is 0 Å². The van der Waals surface area contributed by atoms with E-state index in [1.807, 2.05) is 18.3 Å². The molecular weight excluding hydrogens is 250 g/mol. The summed E-state index contributed by atoms with van der Waals surface area (Å²) in [6.07, 6.45) is 3.89. The van der Waals surface area contributed by atoms with E-state index in [0.717, 1.165) is 23.0 Å². The van der Waals surface area contributed by atoms with Crippen molar-refractivity contribution in [2.24, 2.45) is 0 Å². The van der Waals surface area contributed by atoms with Crippen LogP contribution in [0.25, 0.3) is 0 Å². The maximum atomic E-state index is 4.30. The highest BCUT2D eigenvalue weighted by molar-refractivity contribution is 9.10. The summed E-state index contributed by atoms with van der Waals surface area (Å²) >= 11 is 3.43. The Kier molecular flexibility index (Phi) is 3.51. The monoisotopic (exact) mass is 261 g/mol. The molecule has 0 atom stereocenters. The Bertz CT molecular complexity index is 408. The zero-order valence-electron chi connectivity index (χ0n) is 8.36. The predicted octanol–water partition coefficient (Wildman–Crippen LogP) is 3.63. The first-order valence-corrected chi connectivity index (χ1v) is 5.78. The molecule has 0 spiro atoms. The van der Waals surface area contributed by atoms with Crippen molar-refractivity contribution in [1.82, 2.24) is 4.98 Å². The number of rotatable bonds is 3. The molecule has 0 radical (unpaired) electrons. The zero-order valence-corrected chi connectivity index (χ0v) is 9.94. The fraction of sp³-hybridized carbons (Fsp3) is 0.154. The van der Waals surface area contributed by atoms with Gasteiger partial charge in [0.15, 0.2) is 0 Å². The lowest BCUT2D eigenvalue weighted by Crippen LogP contribution is -1.93. The maximum Gasteiger partial charge on any atom is 0.0406 e. The molecule has 0 saturated carbocycles. The average molecular weight is 262 g/mol. The summed E-state index contributed by atoms with van der Waals surface area (Å²) in [5.41, 5.74) is 2.50. The minimum Gasteiger partial charge on any atom is -0.261 e. The van der Waals surface area contributed by atoms with Crippen LogP contribution in [-0.2, 0) is 12.8 Å². The van der Waals surface area contributed by atoms with Crippen molar-refractivity contribution in [3.05, 3.63) is 64.4 Å². The van der Waals surface area contributed by atoms with Crippen molar-refractivity contribution in [3.63, 3.8) is 0 Å². The van der Waals surface area contributed by atoms with Crippen LogP contribution in [0, 0.1) is 0 Å². The van der Waals surface area contributed by atoms with Gasteiger partial charge in [-0.2, -0.15) is 0 Å². The summed E-state index contributed by atoms with van der Waals surface area (Å²) in [5.74, 6) is 0. The number of hydrogen-bond donors (Lipinski definition) is 0. The summed E-state index contributed by atoms with van der Waals surface area (Å²) in [5, 5.41) is 0. The van der Waals surface area contributed by atoms with Crippen LogP contribution in [-0.4, -0.2) is 4.98 Å². The van der Waals surface area contributed by atoms with Crippen LogP contribution in [0.2, 0.25) is 0 Å². The first-order valence-electron chi connectivity index (χ1n) is 4.99. The molecule has 1 heterocycles. The van der Waals surface area contributed by atoms with Crippen molar-refractivity contribution >= 4 is 15.9 Å². The van der Waals surface area contributed by atoms with E-state index < -0.39 is 0 Å². The quantitative estimate of drug-likeness (QED) is 0.823. The van der Waals surface area contributed by atoms with Gasteiger partial charge >= 0.3 is 0 Å². The van der Waals surface area contributed by atoms with Gasteiger partial charge in [0.1, 0.15) is 0 Å². The number of halogens is 1. The minimum atomic E-state index is 1.00. The van der Waals surface area contributed by atoms with Crippen molar-refractivity contribution < 1.29 is 0 Å². The molecule has 76 valence electrons. The van der Waals surface area contributed by atoms with Crippen molar-refractivity contribution in [3.8, 4) is 0 Å². The Morgan fingerprint density at radius 1 is 0.933 bits per heavy atom. The SMILES string of the molecule is Brc1ccc(CCc2ccccn2)cc1. The van der Waals surface area contributed by atoms with Crippen molar-refractivity contribution in [1.29, 1.82) is 0 Å². The molecule has 0 amide bonds. The number of benzene rings is 1. The Hall–Kier alpha value is -1.15. The molecule has 2 aromatic rings. The summed E-state index contributed by atoms with van der Waals surface area (Å²) in [6, 6.07) is 14.5. The van der Waals surface area contributed by atoms with E-state index in [1.54, 1.807) is 0 Å². The minimum absolute atomic E-state index is 1.00. The Labute approximate surface area is 98.3 Å². The molecule has 1 nitrogen and oxygen atoms in total. The van der Waals surface area contributed by atoms with Gasteiger partial charge in [0.05, 0.1) is 0 Å². The number of hydrogen-bond acceptors (Lipinski definition) is 1. The van der Waals surface area contributed by atoms with Gasteiger partial charge in [-0.15, -0.1) is 0 Å². The molecule has 0 aliphatic heterocycles. The van der Waals surface area contributed by atoms with Crippen LogP contribution in [0.4, 0.5) is 0 Å². The van der Waals surface area contributed by atoms with Crippen LogP contribution >= 0.6 is 15.9 Å². The van der Waals surface area contributed by atoms with Gasteiger partial charge in [0, 0.05) is 16.4 Å². The fourth-order valence-electron chi connectivity index (χ4n) is 1.47. The molecule has 0 fully saturated rings. The summed E-state index contributed by atoms with van der Waals surface area (Å²) in [7, 11) is 0. The molecule has 0 aliphatic carbocycles. The van der Waals surface area contributed by atoms with Crippen LogP contribution in [0.5, 0.6) is 0 Å². The first-order chi connectivity index (χ1) is 7.34. The highest BCUT2D eigenvalue weighted by atomic mass is 79.9. The van der Waals surface area contributed by atoms with Crippen molar-refractivity contribution in [2.45, 2.75) is 12.8 Å². The normalized spacial score (nSPS) is 10.2. The van der Waals surface area contributed by atoms with E-state index in [-0.39, 0.29) is 0 Å². The second kappa shape index (κ2) is 5.08. The summed E-state index contributed by atoms with van der Waals surface area (Å²) < 4.78 is 1.13. The molecule has 0 bridgehead atoms. The molecule has 2 heteroatoms. The van der Waals surface area contributed by atoms with E-state index in [2.05, 4.69) is 51.2 Å². The number of aromatic nitrogens is 1. The third-order valence-corrected chi connectivity index (χ3v) is 2.84. The fourth-order valence-corrected chi connectivity index (χ4v) is 1.73. The van der Waals surface area contributed by atoms with Gasteiger partial charge in [-0.3, -0.25) is 4.98 Å². The van der Waals surface area contributed by atoms with Gasteiger partial charge in [-0.1, -0.05) is 34.1 Å². The standard InChI is InChI=1S/C13H12BrN/c14-12-7-4-11(5-8-12)6-9-13-3-1-2-10-15-13/h1-5,7-8,10H,6,9H2. The molecule has 0 unspecified atom stereocenters. The van der Waals surface area contributed by atoms with Gasteiger partial charge in [0.2, 0.25) is 0 Å². The van der Waals surface area contributed by atoms with Crippen LogP contribution in [0.15, 0.2) is 53.1 Å². The summed E-state index contributed by atoms with van der Waals surface area (Å²) in [4.78, 5) is 4.30. The largest absolute Gasteiger partial charge is 0.261 e.